The van der Waals surface area contributed by atoms with Crippen molar-refractivity contribution in [3.05, 3.63) is 0 Å². The molecular weight excluding hydrogens is 1260 g/mol. The maximum absolute atomic E-state index is 13.2. The van der Waals surface area contributed by atoms with Crippen LogP contribution >= 0.6 is 0 Å². The number of carbonyl (C=O) groups is 5. The second-order valence-electron chi connectivity index (χ2n) is 22.5. The number of nitrogens with one attached hydrogen (secondary N) is 2. The molecule has 42 heteroatoms. The molecule has 26 N–H and O–H groups in total. The van der Waals surface area contributed by atoms with Crippen LogP contribution in [0, 0.1) is 0 Å². The Morgan fingerprint density at radius 1 is 0.473 bits per heavy atom. The zero-order valence-corrected chi connectivity index (χ0v) is 47.9. The Kier molecular flexibility index (Phi) is 26.2. The molecule has 0 aromatic carbocycles. The molecule has 0 aromatic rings. The third-order valence-electron chi connectivity index (χ3n) is 16.2. The van der Waals surface area contributed by atoms with Crippen LogP contribution in [-0.4, -0.2) is 393 Å². The van der Waals surface area contributed by atoms with Crippen molar-refractivity contribution in [1.29, 1.82) is 0 Å². The molecule has 6 aliphatic rings. The summed E-state index contributed by atoms with van der Waals surface area (Å²) in [6, 6.07) is -3.98. The second kappa shape index (κ2) is 31.3. The monoisotopic (exact) mass is 1340 g/mol. The van der Waals surface area contributed by atoms with Gasteiger partial charge in [0.1, 0.15) is 146 Å². The molecule has 2 amide bonds. The number of hydrogen-bond acceptors (Lipinski definition) is 37. The highest BCUT2D eigenvalue weighted by Crippen LogP contribution is 2.42. The highest BCUT2D eigenvalue weighted by atomic mass is 16.8. The van der Waals surface area contributed by atoms with Gasteiger partial charge in [-0.25, -0.2) is 14.4 Å². The summed E-state index contributed by atoms with van der Waals surface area (Å²) in [6.07, 6.45) is -67.4. The number of amides is 2. The van der Waals surface area contributed by atoms with Crippen LogP contribution < -0.4 is 10.6 Å². The molecule has 33 atom stereocenters. The van der Waals surface area contributed by atoms with Gasteiger partial charge in [0.2, 0.25) is 11.8 Å². The zero-order valence-electron chi connectivity index (χ0n) is 47.9. The number of carboxylic acids is 3. The fourth-order valence-corrected chi connectivity index (χ4v) is 11.2. The summed E-state index contributed by atoms with van der Waals surface area (Å²) in [5, 5.41) is 262. The van der Waals surface area contributed by atoms with Crippen molar-refractivity contribution in [3.63, 3.8) is 0 Å². The van der Waals surface area contributed by atoms with Gasteiger partial charge in [-0.2, -0.15) is 0 Å². The lowest BCUT2D eigenvalue weighted by Gasteiger charge is -2.51. The van der Waals surface area contributed by atoms with Crippen molar-refractivity contribution in [2.24, 2.45) is 0 Å². The molecule has 6 fully saturated rings. The highest BCUT2D eigenvalue weighted by molar-refractivity contribution is 5.77. The first-order chi connectivity index (χ1) is 42.5. The van der Waals surface area contributed by atoms with E-state index >= 15 is 0 Å². The molecule has 0 aromatic heterocycles. The number of ether oxygens (including phenoxy) is 11. The molecule has 526 valence electrons. The summed E-state index contributed by atoms with van der Waals surface area (Å²) in [5.74, 6) is -18.4. The molecule has 0 bridgehead atoms. The molecule has 0 radical (unpaired) electrons. The van der Waals surface area contributed by atoms with E-state index in [2.05, 4.69) is 10.6 Å². The van der Waals surface area contributed by atoms with E-state index in [0.29, 0.717) is 0 Å². The van der Waals surface area contributed by atoms with Crippen molar-refractivity contribution in [2.75, 3.05) is 39.6 Å². The molecule has 6 saturated heterocycles. The zero-order chi connectivity index (χ0) is 68.3. The van der Waals surface area contributed by atoms with Gasteiger partial charge in [0, 0.05) is 33.1 Å². The molecule has 91 heavy (non-hydrogen) atoms. The van der Waals surface area contributed by atoms with Crippen molar-refractivity contribution in [2.45, 2.75) is 234 Å². The van der Waals surface area contributed by atoms with Crippen LogP contribution in [0.5, 0.6) is 0 Å². The molecule has 0 spiro atoms. The lowest BCUT2D eigenvalue weighted by molar-refractivity contribution is -0.388. The lowest BCUT2D eigenvalue weighted by atomic mass is 9.89. The Morgan fingerprint density at radius 3 is 1.33 bits per heavy atom. The summed E-state index contributed by atoms with van der Waals surface area (Å²) in [6.45, 7) is -5.82. The Bertz CT molecular complexity index is 2430. The Morgan fingerprint density at radius 2 is 0.868 bits per heavy atom. The van der Waals surface area contributed by atoms with Crippen LogP contribution in [0.1, 0.15) is 33.1 Å². The Hall–Kier alpha value is -3.93. The van der Waals surface area contributed by atoms with E-state index in [9.17, 15) is 147 Å². The van der Waals surface area contributed by atoms with Gasteiger partial charge in [0.25, 0.3) is 17.4 Å². The third kappa shape index (κ3) is 16.2. The molecule has 0 unspecified atom stereocenters. The van der Waals surface area contributed by atoms with E-state index in [1.54, 1.807) is 0 Å². The third-order valence-corrected chi connectivity index (χ3v) is 16.2. The van der Waals surface area contributed by atoms with E-state index in [-0.39, 0.29) is 0 Å². The standard InChI is InChI=1S/C49H80N2O40/c1-12(57)50-23-35(33(72)22(82-41(23)74)11-81-47(44(75)76)3-14(59)27(66)39(88-47)32(71)21(10-56)87-48(45(77)78)4-15(60)25(64)37(89-48)28(67)17(62)6-52)85-42-24(51-13(2)58)36(30(69)19(8-54)83-42)86-43-34(73)40(31(70)20(9-55)84-43)91-49(46(79)80)5-16(61)26(65)38(90-49)29(68)18(63)7-53/h14-43,52-56,59-74H,3-11H2,1-2H3,(H,50,57)(H,51,58)(H,75,76)(H,77,78)(H,79,80)/t14-,15-,16-,17+,18+,19+,20+,21+,22+,23+,24+,25+,26+,27+,28+,29+,30-,31-,32-,33-,34+,35+,36+,37+,38+,39+,40-,41-,42+,43-,47+,48+,49-/m0/s1. The Balaban J connectivity index is 1.28. The lowest BCUT2D eigenvalue weighted by Crippen LogP contribution is -2.71. The van der Waals surface area contributed by atoms with Crippen LogP contribution in [0.3, 0.4) is 0 Å². The molecule has 42 nitrogen and oxygen atoms in total. The van der Waals surface area contributed by atoms with E-state index in [1.165, 1.54) is 0 Å². The van der Waals surface area contributed by atoms with Crippen molar-refractivity contribution >= 4 is 29.7 Å². The van der Waals surface area contributed by atoms with E-state index < -0.39 is 290 Å². The maximum Gasteiger partial charge on any atom is 0.364 e. The molecule has 0 aliphatic carbocycles. The smallest absolute Gasteiger partial charge is 0.364 e. The number of carbonyl (C=O) groups excluding carboxylic acids is 2. The summed E-state index contributed by atoms with van der Waals surface area (Å²) in [7, 11) is 0. The van der Waals surface area contributed by atoms with Gasteiger partial charge in [-0.15, -0.1) is 0 Å². The predicted molar refractivity (Wildman–Crippen MR) is 274 cm³/mol. The normalized spacial score (nSPS) is 44.3. The summed E-state index contributed by atoms with van der Waals surface area (Å²) >= 11 is 0. The number of aliphatic hydroxyl groups excluding tert-OH is 21. The van der Waals surface area contributed by atoms with Crippen molar-refractivity contribution in [1.82, 2.24) is 10.6 Å². The number of rotatable bonds is 27. The first-order valence-electron chi connectivity index (χ1n) is 28.0. The van der Waals surface area contributed by atoms with Gasteiger partial charge < -0.3 is 185 Å². The average molecular weight is 1340 g/mol. The van der Waals surface area contributed by atoms with Crippen LogP contribution in [-0.2, 0) is 76.1 Å². The van der Waals surface area contributed by atoms with E-state index in [1.807, 2.05) is 0 Å². The predicted octanol–water partition coefficient (Wildman–Crippen LogP) is -16.2. The van der Waals surface area contributed by atoms with Crippen LogP contribution in [0.25, 0.3) is 0 Å². The first-order valence-corrected chi connectivity index (χ1v) is 28.0. The quantitative estimate of drug-likeness (QED) is 0.0363. The summed E-state index contributed by atoms with van der Waals surface area (Å²) < 4.78 is 61.8. The first kappa shape index (κ1) is 76.1. The van der Waals surface area contributed by atoms with Crippen molar-refractivity contribution < 1.29 is 199 Å². The summed E-state index contributed by atoms with van der Waals surface area (Å²) in [4.78, 5) is 64.4. The number of aliphatic carboxylic acids is 3. The number of carboxylic acid groups (broad SMARTS) is 3. The summed E-state index contributed by atoms with van der Waals surface area (Å²) in [5.41, 5.74) is 0. The minimum atomic E-state index is -3.32. The van der Waals surface area contributed by atoms with Crippen molar-refractivity contribution in [3.8, 4) is 0 Å². The number of aliphatic hydroxyl groups is 21. The number of hydrogen-bond donors (Lipinski definition) is 26. The van der Waals surface area contributed by atoms with E-state index in [0.717, 1.165) is 13.8 Å². The van der Waals surface area contributed by atoms with E-state index in [4.69, 9.17) is 52.1 Å². The van der Waals surface area contributed by atoms with Gasteiger partial charge in [-0.1, -0.05) is 0 Å². The molecule has 6 heterocycles. The van der Waals surface area contributed by atoms with Gasteiger partial charge in [0.05, 0.1) is 58.0 Å². The molecule has 6 rings (SSSR count). The fraction of sp³-hybridized carbons (Fsp3) is 0.898. The van der Waals surface area contributed by atoms with Gasteiger partial charge in [-0.05, 0) is 0 Å². The van der Waals surface area contributed by atoms with Crippen LogP contribution in [0.15, 0.2) is 0 Å². The van der Waals surface area contributed by atoms with Gasteiger partial charge in [0.15, 0.2) is 18.9 Å². The maximum atomic E-state index is 13.2. The topological polar surface area (TPSA) is 696 Å². The van der Waals surface area contributed by atoms with Gasteiger partial charge in [-0.3, -0.25) is 9.59 Å². The molecular formula is C49H80N2O40. The second-order valence-corrected chi connectivity index (χ2v) is 22.5. The average Bonchev–Trinajstić information content (AvgIpc) is 0.778. The Labute approximate surface area is 511 Å². The largest absolute Gasteiger partial charge is 0.477 e. The minimum absolute atomic E-state index is 0.879. The van der Waals surface area contributed by atoms with Crippen LogP contribution in [0.4, 0.5) is 0 Å². The minimum Gasteiger partial charge on any atom is -0.477 e. The highest BCUT2D eigenvalue weighted by Gasteiger charge is 2.63. The van der Waals surface area contributed by atoms with Crippen LogP contribution in [0.2, 0.25) is 0 Å². The fourth-order valence-electron chi connectivity index (χ4n) is 11.2. The molecule has 6 aliphatic heterocycles. The van der Waals surface area contributed by atoms with Gasteiger partial charge >= 0.3 is 17.9 Å². The SMILES string of the molecule is CC(=O)N[C@@H]1[C@@H](O[C@H]2O[C@H](CO)[C@H](O)[C@H](O[C@@H]3O[C@H](CO)[C@H](O)[C@H](O[C@]4(C(=O)O)C[C@H](O)[C@@H](O)[C@H]([C@H](O)[C@H](O)CO)O4)[C@H]3O)[C@H]2NC(C)=O)[C@@H](O)[C@@H](CO[C@]2(C(=O)O)C[C@H](O)[C@@H](O)[C@H]([C@@H](O)[C@@H](CO)O[C@]3(C(=O)O)C[C@H](O)[C@@H](O)[C@H]([C@H](O)[C@H](O)CO)O3)O2)O[C@@H]1O. The molecule has 0 saturated carbocycles.